The number of allylic oxidation sites excluding steroid dienone is 2. The van der Waals surface area contributed by atoms with Crippen LogP contribution < -0.4 is 0 Å². The van der Waals surface area contributed by atoms with E-state index in [2.05, 4.69) is 67.3 Å². The van der Waals surface area contributed by atoms with E-state index in [-0.39, 0.29) is 0 Å². The molecule has 0 saturated heterocycles. The van der Waals surface area contributed by atoms with E-state index < -0.39 is 0 Å². The first-order chi connectivity index (χ1) is 8.90. The first-order valence-corrected chi connectivity index (χ1v) is 6.29. The minimum atomic E-state index is 0.395. The molecule has 0 heteroatoms. The zero-order valence-corrected chi connectivity index (χ0v) is 10.5. The Labute approximate surface area is 109 Å². The van der Waals surface area contributed by atoms with E-state index >= 15 is 0 Å². The molecule has 0 bridgehead atoms. The molecular formula is C18H18. The molecule has 0 radical (unpaired) electrons. The van der Waals surface area contributed by atoms with Crippen LogP contribution in [0.25, 0.3) is 6.08 Å². The van der Waals surface area contributed by atoms with Crippen molar-refractivity contribution in [2.24, 2.45) is 0 Å². The molecule has 2 aromatic carbocycles. The van der Waals surface area contributed by atoms with Gasteiger partial charge < -0.3 is 0 Å². The van der Waals surface area contributed by atoms with E-state index in [0.717, 1.165) is 6.42 Å². The van der Waals surface area contributed by atoms with Crippen molar-refractivity contribution in [1.82, 2.24) is 0 Å². The molecule has 0 fully saturated rings. The van der Waals surface area contributed by atoms with E-state index in [0.29, 0.717) is 5.92 Å². The van der Waals surface area contributed by atoms with Crippen LogP contribution in [0.15, 0.2) is 79.4 Å². The van der Waals surface area contributed by atoms with Crippen molar-refractivity contribution < 1.29 is 0 Å². The van der Waals surface area contributed by atoms with Gasteiger partial charge in [0.25, 0.3) is 0 Å². The van der Waals surface area contributed by atoms with Gasteiger partial charge >= 0.3 is 0 Å². The first-order valence-electron chi connectivity index (χ1n) is 6.29. The summed E-state index contributed by atoms with van der Waals surface area (Å²) < 4.78 is 0. The maximum absolute atomic E-state index is 3.93. The van der Waals surface area contributed by atoms with Gasteiger partial charge in [0.2, 0.25) is 0 Å². The third kappa shape index (κ3) is 3.46. The molecule has 18 heavy (non-hydrogen) atoms. The molecule has 2 rings (SSSR count). The average molecular weight is 235 g/mol. The van der Waals surface area contributed by atoms with Crippen molar-refractivity contribution in [2.45, 2.75) is 12.3 Å². The monoisotopic (exact) mass is 235 g/mol. The Kier molecular flexibility index (Phi) is 4.54. The van der Waals surface area contributed by atoms with Gasteiger partial charge in [0.1, 0.15) is 0 Å². The van der Waals surface area contributed by atoms with Crippen LogP contribution in [-0.2, 0) is 0 Å². The van der Waals surface area contributed by atoms with Crippen LogP contribution >= 0.6 is 0 Å². The number of rotatable bonds is 5. The van der Waals surface area contributed by atoms with Crippen molar-refractivity contribution in [1.29, 1.82) is 0 Å². The number of benzene rings is 2. The third-order valence-corrected chi connectivity index (χ3v) is 3.01. The SMILES string of the molecule is [13CH2]=CC(C/C=C/c1ccccc1)c1ccccc1. The lowest BCUT2D eigenvalue weighted by molar-refractivity contribution is 0.868. The Balaban J connectivity index is 2.00. The lowest BCUT2D eigenvalue weighted by Crippen LogP contribution is -1.92. The zero-order chi connectivity index (χ0) is 12.6. The molecule has 0 spiro atoms. The second kappa shape index (κ2) is 6.61. The Morgan fingerprint density at radius 3 is 2.11 bits per heavy atom. The number of hydrogen-bond donors (Lipinski definition) is 0. The summed E-state index contributed by atoms with van der Waals surface area (Å²) in [6.45, 7) is 3.93. The van der Waals surface area contributed by atoms with Crippen LogP contribution in [0.1, 0.15) is 23.5 Å². The fourth-order valence-electron chi connectivity index (χ4n) is 1.98. The summed E-state index contributed by atoms with van der Waals surface area (Å²) >= 11 is 0. The molecule has 90 valence electrons. The van der Waals surface area contributed by atoms with Gasteiger partial charge in [-0.25, -0.2) is 0 Å². The normalized spacial score (nSPS) is 12.4. The average Bonchev–Trinajstić information content (AvgIpc) is 2.46. The van der Waals surface area contributed by atoms with Gasteiger partial charge in [-0.3, -0.25) is 0 Å². The van der Waals surface area contributed by atoms with E-state index in [1.807, 2.05) is 18.2 Å². The molecule has 0 saturated carbocycles. The zero-order valence-electron chi connectivity index (χ0n) is 10.5. The van der Waals surface area contributed by atoms with Gasteiger partial charge in [0.05, 0.1) is 0 Å². The topological polar surface area (TPSA) is 0 Å². The van der Waals surface area contributed by atoms with E-state index in [4.69, 9.17) is 0 Å². The summed E-state index contributed by atoms with van der Waals surface area (Å²) in [5, 5.41) is 0. The highest BCUT2D eigenvalue weighted by Gasteiger charge is 2.03. The van der Waals surface area contributed by atoms with Crippen molar-refractivity contribution >= 4 is 6.08 Å². The molecule has 0 amide bonds. The van der Waals surface area contributed by atoms with Crippen LogP contribution in [0.3, 0.4) is 0 Å². The Morgan fingerprint density at radius 2 is 1.50 bits per heavy atom. The molecule has 0 aliphatic carbocycles. The Bertz CT molecular complexity index is 494. The molecule has 0 heterocycles. The molecule has 0 nitrogen and oxygen atoms in total. The van der Waals surface area contributed by atoms with Gasteiger partial charge in [-0.05, 0) is 17.5 Å². The molecule has 2 aromatic rings. The molecule has 0 aromatic heterocycles. The summed E-state index contributed by atoms with van der Waals surface area (Å²) in [7, 11) is 0. The minimum absolute atomic E-state index is 0.395. The van der Waals surface area contributed by atoms with Crippen molar-refractivity contribution in [3.8, 4) is 0 Å². The van der Waals surface area contributed by atoms with Crippen molar-refractivity contribution in [3.05, 3.63) is 90.5 Å². The van der Waals surface area contributed by atoms with Gasteiger partial charge in [-0.15, -0.1) is 6.58 Å². The Hall–Kier alpha value is -2.08. The predicted molar refractivity (Wildman–Crippen MR) is 79.5 cm³/mol. The van der Waals surface area contributed by atoms with Gasteiger partial charge in [-0.2, -0.15) is 0 Å². The van der Waals surface area contributed by atoms with Gasteiger partial charge in [0.15, 0.2) is 0 Å². The summed E-state index contributed by atoms with van der Waals surface area (Å²) in [6, 6.07) is 20.9. The lowest BCUT2D eigenvalue weighted by atomic mass is 9.96. The lowest BCUT2D eigenvalue weighted by Gasteiger charge is -2.09. The molecule has 1 unspecified atom stereocenters. The second-order valence-corrected chi connectivity index (χ2v) is 4.30. The van der Waals surface area contributed by atoms with E-state index in [1.165, 1.54) is 11.1 Å². The van der Waals surface area contributed by atoms with Crippen LogP contribution in [0.2, 0.25) is 0 Å². The maximum Gasteiger partial charge on any atom is 0.00499 e. The van der Waals surface area contributed by atoms with Crippen LogP contribution in [0.4, 0.5) is 0 Å². The summed E-state index contributed by atoms with van der Waals surface area (Å²) in [5.41, 5.74) is 2.57. The largest absolute Gasteiger partial charge is 0.102 e. The fraction of sp³-hybridized carbons (Fsp3) is 0.111. The molecule has 0 aliphatic rings. The van der Waals surface area contributed by atoms with Crippen LogP contribution in [0, 0.1) is 0 Å². The Morgan fingerprint density at radius 1 is 0.889 bits per heavy atom. The molecule has 0 aliphatic heterocycles. The quantitative estimate of drug-likeness (QED) is 0.502. The summed E-state index contributed by atoms with van der Waals surface area (Å²) in [5.74, 6) is 0.395. The maximum atomic E-state index is 3.93. The summed E-state index contributed by atoms with van der Waals surface area (Å²) in [6.07, 6.45) is 7.39. The fourth-order valence-corrected chi connectivity index (χ4v) is 1.98. The van der Waals surface area contributed by atoms with E-state index in [1.54, 1.807) is 0 Å². The van der Waals surface area contributed by atoms with Gasteiger partial charge in [-0.1, -0.05) is 78.9 Å². The van der Waals surface area contributed by atoms with Crippen LogP contribution in [-0.4, -0.2) is 0 Å². The van der Waals surface area contributed by atoms with Crippen molar-refractivity contribution in [3.63, 3.8) is 0 Å². The van der Waals surface area contributed by atoms with Crippen molar-refractivity contribution in [2.75, 3.05) is 0 Å². The molecule has 0 N–H and O–H groups in total. The number of hydrogen-bond acceptors (Lipinski definition) is 0. The van der Waals surface area contributed by atoms with Crippen LogP contribution in [0.5, 0.6) is 0 Å². The first kappa shape index (κ1) is 12.4. The minimum Gasteiger partial charge on any atom is -0.102 e. The molecule has 1 atom stereocenters. The smallest absolute Gasteiger partial charge is 0.00499 e. The highest BCUT2D eigenvalue weighted by Crippen LogP contribution is 2.21. The second-order valence-electron chi connectivity index (χ2n) is 4.30. The highest BCUT2D eigenvalue weighted by atomic mass is 14.1. The summed E-state index contributed by atoms with van der Waals surface area (Å²) in [4.78, 5) is 0. The highest BCUT2D eigenvalue weighted by molar-refractivity contribution is 5.48. The van der Waals surface area contributed by atoms with E-state index in [9.17, 15) is 0 Å². The third-order valence-electron chi connectivity index (χ3n) is 3.01. The molecular weight excluding hydrogens is 217 g/mol. The van der Waals surface area contributed by atoms with Gasteiger partial charge in [0, 0.05) is 5.92 Å². The standard InChI is InChI=1S/C18H18/c1-2-17(18-13-7-4-8-14-18)15-9-12-16-10-5-3-6-11-16/h2-14,17H,1,15H2/b12-9+/i1+1. The predicted octanol–water partition coefficient (Wildman–Crippen LogP) is 5.06.